The van der Waals surface area contributed by atoms with Crippen molar-refractivity contribution in [2.75, 3.05) is 6.54 Å². The van der Waals surface area contributed by atoms with Gasteiger partial charge in [-0.15, -0.1) is 0 Å². The lowest BCUT2D eigenvalue weighted by Crippen LogP contribution is -2.19. The van der Waals surface area contributed by atoms with Gasteiger partial charge in [0.05, 0.1) is 0 Å². The monoisotopic (exact) mass is 283 g/mol. The summed E-state index contributed by atoms with van der Waals surface area (Å²) in [6.07, 6.45) is 0. The van der Waals surface area contributed by atoms with Crippen molar-refractivity contribution in [3.05, 3.63) is 65.2 Å². The molecule has 0 aromatic heterocycles. The highest BCUT2D eigenvalue weighted by Crippen LogP contribution is 2.20. The molecule has 0 saturated carbocycles. The Morgan fingerprint density at radius 1 is 0.952 bits per heavy atom. The van der Waals surface area contributed by atoms with E-state index in [1.807, 2.05) is 12.1 Å². The summed E-state index contributed by atoms with van der Waals surface area (Å²) in [6.45, 7) is 9.04. The van der Waals surface area contributed by atoms with Crippen LogP contribution in [-0.4, -0.2) is 6.54 Å². The van der Waals surface area contributed by atoms with E-state index in [-0.39, 0.29) is 0 Å². The zero-order valence-corrected chi connectivity index (χ0v) is 13.2. The fraction of sp³-hybridized carbons (Fsp3) is 0.368. The molecule has 0 aliphatic carbocycles. The van der Waals surface area contributed by atoms with Gasteiger partial charge >= 0.3 is 0 Å². The summed E-state index contributed by atoms with van der Waals surface area (Å²) in [4.78, 5) is 0. The summed E-state index contributed by atoms with van der Waals surface area (Å²) >= 11 is 0. The van der Waals surface area contributed by atoms with Crippen LogP contribution in [0.2, 0.25) is 0 Å². The van der Waals surface area contributed by atoms with Crippen LogP contribution in [0.15, 0.2) is 48.5 Å². The van der Waals surface area contributed by atoms with Crippen molar-refractivity contribution in [1.82, 2.24) is 5.32 Å². The highest BCUT2D eigenvalue weighted by molar-refractivity contribution is 5.34. The van der Waals surface area contributed by atoms with Gasteiger partial charge in [0, 0.05) is 12.1 Å². The number of nitrogens with one attached hydrogen (secondary N) is 1. The Morgan fingerprint density at radius 3 is 2.33 bits per heavy atom. The number of benzene rings is 2. The topological polar surface area (TPSA) is 21.3 Å². The molecule has 2 heteroatoms. The number of aryl methyl sites for hydroxylation is 1. The molecular formula is C19H25NO. The second-order valence-corrected chi connectivity index (χ2v) is 5.85. The molecule has 0 amide bonds. The van der Waals surface area contributed by atoms with Crippen molar-refractivity contribution in [3.63, 3.8) is 0 Å². The minimum Gasteiger partial charge on any atom is -0.489 e. The molecule has 0 fully saturated rings. The van der Waals surface area contributed by atoms with Gasteiger partial charge in [0.15, 0.2) is 0 Å². The van der Waals surface area contributed by atoms with Gasteiger partial charge in [-0.3, -0.25) is 0 Å². The SMILES string of the molecule is Cc1ccccc1COc1ccccc1CNCC(C)C. The van der Waals surface area contributed by atoms with Crippen LogP contribution in [-0.2, 0) is 13.2 Å². The van der Waals surface area contributed by atoms with Crippen molar-refractivity contribution in [3.8, 4) is 5.75 Å². The number of hydrogen-bond donors (Lipinski definition) is 1. The zero-order valence-electron chi connectivity index (χ0n) is 13.2. The Bertz CT molecular complexity index is 563. The third kappa shape index (κ3) is 4.91. The molecule has 0 heterocycles. The smallest absolute Gasteiger partial charge is 0.124 e. The molecule has 2 aromatic carbocycles. The number of ether oxygens (including phenoxy) is 1. The van der Waals surface area contributed by atoms with E-state index in [2.05, 4.69) is 62.5 Å². The minimum absolute atomic E-state index is 0.619. The average Bonchev–Trinajstić information content (AvgIpc) is 2.47. The van der Waals surface area contributed by atoms with Crippen LogP contribution in [0.3, 0.4) is 0 Å². The van der Waals surface area contributed by atoms with Crippen LogP contribution in [0, 0.1) is 12.8 Å². The van der Waals surface area contributed by atoms with E-state index in [4.69, 9.17) is 4.74 Å². The fourth-order valence-electron chi connectivity index (χ4n) is 2.21. The Morgan fingerprint density at radius 2 is 1.62 bits per heavy atom. The van der Waals surface area contributed by atoms with Crippen LogP contribution < -0.4 is 10.1 Å². The van der Waals surface area contributed by atoms with Crippen LogP contribution in [0.5, 0.6) is 5.75 Å². The maximum absolute atomic E-state index is 6.02. The molecule has 112 valence electrons. The molecule has 0 atom stereocenters. The van der Waals surface area contributed by atoms with Crippen molar-refractivity contribution < 1.29 is 4.74 Å². The predicted octanol–water partition coefficient (Wildman–Crippen LogP) is 4.32. The van der Waals surface area contributed by atoms with Gasteiger partial charge in [-0.2, -0.15) is 0 Å². The Balaban J connectivity index is 1.98. The number of rotatable bonds is 7. The molecule has 2 rings (SSSR count). The molecule has 2 nitrogen and oxygen atoms in total. The molecule has 21 heavy (non-hydrogen) atoms. The molecule has 0 spiro atoms. The third-order valence-corrected chi connectivity index (χ3v) is 3.49. The largest absolute Gasteiger partial charge is 0.489 e. The Kier molecular flexibility index (Phi) is 5.82. The maximum Gasteiger partial charge on any atom is 0.124 e. The standard InChI is InChI=1S/C19H25NO/c1-15(2)12-20-13-17-9-6-7-11-19(17)21-14-18-10-5-4-8-16(18)3/h4-11,15,20H,12-14H2,1-3H3. The molecule has 0 unspecified atom stereocenters. The predicted molar refractivity (Wildman–Crippen MR) is 88.5 cm³/mol. The van der Waals surface area contributed by atoms with Gasteiger partial charge in [-0.25, -0.2) is 0 Å². The first-order valence-electron chi connectivity index (χ1n) is 7.62. The van der Waals surface area contributed by atoms with E-state index in [1.54, 1.807) is 0 Å². The van der Waals surface area contributed by atoms with Gasteiger partial charge < -0.3 is 10.1 Å². The first kappa shape index (κ1) is 15.6. The van der Waals surface area contributed by atoms with E-state index < -0.39 is 0 Å². The van der Waals surface area contributed by atoms with E-state index in [0.29, 0.717) is 12.5 Å². The fourth-order valence-corrected chi connectivity index (χ4v) is 2.21. The van der Waals surface area contributed by atoms with E-state index in [0.717, 1.165) is 18.8 Å². The summed E-state index contributed by atoms with van der Waals surface area (Å²) in [7, 11) is 0. The van der Waals surface area contributed by atoms with Crippen LogP contribution in [0.25, 0.3) is 0 Å². The quantitative estimate of drug-likeness (QED) is 0.817. The lowest BCUT2D eigenvalue weighted by molar-refractivity contribution is 0.301. The summed E-state index contributed by atoms with van der Waals surface area (Å²) in [5, 5.41) is 3.47. The second kappa shape index (κ2) is 7.84. The normalized spacial score (nSPS) is 10.9. The Labute approximate surface area is 128 Å². The summed E-state index contributed by atoms with van der Waals surface area (Å²) in [6, 6.07) is 16.6. The summed E-state index contributed by atoms with van der Waals surface area (Å²) in [5.41, 5.74) is 3.72. The van der Waals surface area contributed by atoms with E-state index in [1.165, 1.54) is 16.7 Å². The van der Waals surface area contributed by atoms with Crippen molar-refractivity contribution >= 4 is 0 Å². The van der Waals surface area contributed by atoms with Gasteiger partial charge in [0.1, 0.15) is 12.4 Å². The zero-order chi connectivity index (χ0) is 15.1. The molecular weight excluding hydrogens is 258 g/mol. The van der Waals surface area contributed by atoms with Crippen LogP contribution in [0.1, 0.15) is 30.5 Å². The second-order valence-electron chi connectivity index (χ2n) is 5.85. The Hall–Kier alpha value is -1.80. The minimum atomic E-state index is 0.619. The molecule has 0 radical (unpaired) electrons. The van der Waals surface area contributed by atoms with Gasteiger partial charge in [-0.1, -0.05) is 56.3 Å². The van der Waals surface area contributed by atoms with Crippen molar-refractivity contribution in [2.24, 2.45) is 5.92 Å². The number of hydrogen-bond acceptors (Lipinski definition) is 2. The van der Waals surface area contributed by atoms with Crippen molar-refractivity contribution in [1.29, 1.82) is 0 Å². The molecule has 1 N–H and O–H groups in total. The third-order valence-electron chi connectivity index (χ3n) is 3.49. The first-order chi connectivity index (χ1) is 10.2. The van der Waals surface area contributed by atoms with Gasteiger partial charge in [-0.05, 0) is 36.6 Å². The molecule has 0 aliphatic heterocycles. The van der Waals surface area contributed by atoms with Gasteiger partial charge in [0.2, 0.25) is 0 Å². The highest BCUT2D eigenvalue weighted by atomic mass is 16.5. The van der Waals surface area contributed by atoms with E-state index >= 15 is 0 Å². The van der Waals surface area contributed by atoms with Crippen LogP contribution in [0.4, 0.5) is 0 Å². The first-order valence-corrected chi connectivity index (χ1v) is 7.62. The van der Waals surface area contributed by atoms with Crippen molar-refractivity contribution in [2.45, 2.75) is 33.9 Å². The summed E-state index contributed by atoms with van der Waals surface area (Å²) in [5.74, 6) is 1.63. The van der Waals surface area contributed by atoms with E-state index in [9.17, 15) is 0 Å². The summed E-state index contributed by atoms with van der Waals surface area (Å²) < 4.78 is 6.02. The molecule has 0 bridgehead atoms. The number of para-hydroxylation sites is 1. The highest BCUT2D eigenvalue weighted by Gasteiger charge is 2.04. The maximum atomic E-state index is 6.02. The average molecular weight is 283 g/mol. The van der Waals surface area contributed by atoms with Gasteiger partial charge in [0.25, 0.3) is 0 Å². The molecule has 0 aliphatic rings. The lowest BCUT2D eigenvalue weighted by Gasteiger charge is -2.14. The van der Waals surface area contributed by atoms with Crippen LogP contribution >= 0.6 is 0 Å². The molecule has 2 aromatic rings. The lowest BCUT2D eigenvalue weighted by atomic mass is 10.1. The molecule has 0 saturated heterocycles.